The average Bonchev–Trinajstić information content (AvgIpc) is 2.12. The summed E-state index contributed by atoms with van der Waals surface area (Å²) in [4.78, 5) is 20.2. The first-order chi connectivity index (χ1) is 6.29. The fraction of sp³-hybridized carbons (Fsp3) is 0.667. The van der Waals surface area contributed by atoms with Crippen molar-refractivity contribution in [1.29, 1.82) is 0 Å². The molecule has 0 bridgehead atoms. The molecule has 15 heavy (non-hydrogen) atoms. The molecule has 86 valence electrons. The molecule has 0 aliphatic rings. The monoisotopic (exact) mass is 236 g/mol. The number of rotatable bonds is 5. The molecule has 0 saturated heterocycles. The fourth-order valence-electron chi connectivity index (χ4n) is 0.666. The van der Waals surface area contributed by atoms with Crippen molar-refractivity contribution in [3.63, 3.8) is 0 Å². The van der Waals surface area contributed by atoms with Crippen LogP contribution in [0.3, 0.4) is 0 Å². The number of aliphatic hydroxyl groups excluding tert-OH is 4. The Morgan fingerprint density at radius 3 is 1.13 bits per heavy atom. The molecular formula is C6H12MgO8. The Hall–Kier alpha value is -0.454. The molecule has 0 radical (unpaired) electrons. The normalized spacial score (nSPS) is 18.1. The van der Waals surface area contributed by atoms with E-state index in [2.05, 4.69) is 0 Å². The standard InChI is InChI=1S/C6H10O8.Mg.2H/c7-1(3(9)5(11)12)2(8)4(10)6(13)14;;;/h1-4,7-10H,(H,11,12)(H,13,14);;;/q;+2;2*-1. The minimum atomic E-state index is -2.36. The average molecular weight is 236 g/mol. The van der Waals surface area contributed by atoms with E-state index in [1.165, 1.54) is 0 Å². The number of hydrogen-bond donors (Lipinski definition) is 6. The van der Waals surface area contributed by atoms with Gasteiger partial charge in [-0.15, -0.1) is 0 Å². The molecule has 4 unspecified atom stereocenters. The summed E-state index contributed by atoms with van der Waals surface area (Å²) in [7, 11) is 0. The molecule has 6 N–H and O–H groups in total. The van der Waals surface area contributed by atoms with Crippen LogP contribution >= 0.6 is 0 Å². The summed E-state index contributed by atoms with van der Waals surface area (Å²) < 4.78 is 0. The first-order valence-corrected chi connectivity index (χ1v) is 3.47. The second kappa shape index (κ2) is 6.93. The van der Waals surface area contributed by atoms with E-state index >= 15 is 0 Å². The molecule has 9 heteroatoms. The van der Waals surface area contributed by atoms with Crippen molar-refractivity contribution >= 4 is 35.0 Å². The van der Waals surface area contributed by atoms with Gasteiger partial charge in [0, 0.05) is 0 Å². The number of carbonyl (C=O) groups is 2. The third-order valence-electron chi connectivity index (χ3n) is 1.50. The zero-order chi connectivity index (χ0) is 11.5. The molecular weight excluding hydrogens is 224 g/mol. The first-order valence-electron chi connectivity index (χ1n) is 3.47. The van der Waals surface area contributed by atoms with Gasteiger partial charge in [0.2, 0.25) is 0 Å². The van der Waals surface area contributed by atoms with Crippen LogP contribution in [0.15, 0.2) is 0 Å². The van der Waals surface area contributed by atoms with E-state index in [9.17, 15) is 9.59 Å². The zero-order valence-electron chi connectivity index (χ0n) is 9.52. The van der Waals surface area contributed by atoms with Gasteiger partial charge in [0.1, 0.15) is 12.2 Å². The SMILES string of the molecule is O=C(O)C(O)C(O)C(O)C(O)C(=O)O.[H-].[H-].[Mg+2]. The van der Waals surface area contributed by atoms with Gasteiger partial charge in [-0.2, -0.15) is 0 Å². The van der Waals surface area contributed by atoms with Crippen LogP contribution in [0.4, 0.5) is 0 Å². The molecule has 8 nitrogen and oxygen atoms in total. The summed E-state index contributed by atoms with van der Waals surface area (Å²) in [6, 6.07) is 0. The van der Waals surface area contributed by atoms with Gasteiger partial charge in [-0.25, -0.2) is 9.59 Å². The van der Waals surface area contributed by atoms with Crippen LogP contribution < -0.4 is 0 Å². The van der Waals surface area contributed by atoms with Crippen LogP contribution in [-0.4, -0.2) is 90.0 Å². The maximum atomic E-state index is 10.1. The van der Waals surface area contributed by atoms with E-state index in [1.54, 1.807) is 0 Å². The fourth-order valence-corrected chi connectivity index (χ4v) is 0.666. The van der Waals surface area contributed by atoms with Crippen molar-refractivity contribution in [2.24, 2.45) is 0 Å². The molecule has 0 amide bonds. The van der Waals surface area contributed by atoms with Gasteiger partial charge < -0.3 is 33.5 Å². The van der Waals surface area contributed by atoms with Crippen LogP contribution in [0.5, 0.6) is 0 Å². The van der Waals surface area contributed by atoms with Crippen LogP contribution in [0.2, 0.25) is 0 Å². The summed E-state index contributed by atoms with van der Waals surface area (Å²) in [6.07, 6.45) is -9.28. The number of hydrogen-bond acceptors (Lipinski definition) is 6. The van der Waals surface area contributed by atoms with Crippen molar-refractivity contribution in [1.82, 2.24) is 0 Å². The summed E-state index contributed by atoms with van der Waals surface area (Å²) in [6.45, 7) is 0. The summed E-state index contributed by atoms with van der Waals surface area (Å²) in [5.41, 5.74) is 0. The van der Waals surface area contributed by atoms with Crippen LogP contribution in [0, 0.1) is 0 Å². The third-order valence-corrected chi connectivity index (χ3v) is 1.50. The van der Waals surface area contributed by atoms with Gasteiger partial charge in [-0.05, 0) is 0 Å². The Morgan fingerprint density at radius 1 is 0.800 bits per heavy atom. The Bertz CT molecular complexity index is 216. The molecule has 0 aromatic heterocycles. The number of carboxylic acids is 2. The Balaban J connectivity index is -0.000000282. The largest absolute Gasteiger partial charge is 2.00 e. The molecule has 0 aromatic carbocycles. The Kier molecular flexibility index (Phi) is 7.83. The van der Waals surface area contributed by atoms with Gasteiger partial charge in [0.15, 0.2) is 12.2 Å². The van der Waals surface area contributed by atoms with Crippen molar-refractivity contribution in [2.75, 3.05) is 0 Å². The topological polar surface area (TPSA) is 156 Å². The maximum absolute atomic E-state index is 10.1. The van der Waals surface area contributed by atoms with E-state index in [1.807, 2.05) is 0 Å². The zero-order valence-corrected chi connectivity index (χ0v) is 8.93. The molecule has 0 saturated carbocycles. The second-order valence-electron chi connectivity index (χ2n) is 2.55. The van der Waals surface area contributed by atoms with E-state index in [4.69, 9.17) is 30.6 Å². The van der Waals surface area contributed by atoms with Crippen molar-refractivity contribution in [3.8, 4) is 0 Å². The van der Waals surface area contributed by atoms with Gasteiger partial charge in [0.25, 0.3) is 0 Å². The minimum absolute atomic E-state index is 0. The Morgan fingerprint density at radius 2 is 1.00 bits per heavy atom. The molecule has 0 spiro atoms. The van der Waals surface area contributed by atoms with Gasteiger partial charge >= 0.3 is 35.0 Å². The predicted octanol–water partition coefficient (Wildman–Crippen LogP) is -3.56. The summed E-state index contributed by atoms with van der Waals surface area (Å²) >= 11 is 0. The van der Waals surface area contributed by atoms with Crippen LogP contribution in [0.1, 0.15) is 2.85 Å². The molecule has 0 fully saturated rings. The van der Waals surface area contributed by atoms with E-state index < -0.39 is 36.4 Å². The molecule has 0 heterocycles. The van der Waals surface area contributed by atoms with Crippen molar-refractivity contribution < 1.29 is 43.1 Å². The maximum Gasteiger partial charge on any atom is 2.00 e. The number of carboxylic acid groups (broad SMARTS) is 2. The van der Waals surface area contributed by atoms with Crippen molar-refractivity contribution in [2.45, 2.75) is 24.4 Å². The second-order valence-corrected chi connectivity index (χ2v) is 2.55. The van der Waals surface area contributed by atoms with E-state index in [0.29, 0.717) is 0 Å². The smallest absolute Gasteiger partial charge is 1.00 e. The molecule has 0 aliphatic carbocycles. The number of aliphatic hydroxyl groups is 4. The summed E-state index contributed by atoms with van der Waals surface area (Å²) in [5, 5.41) is 51.5. The quantitative estimate of drug-likeness (QED) is 0.268. The summed E-state index contributed by atoms with van der Waals surface area (Å²) in [5.74, 6) is -3.68. The minimum Gasteiger partial charge on any atom is -1.00 e. The van der Waals surface area contributed by atoms with E-state index in [0.717, 1.165) is 0 Å². The van der Waals surface area contributed by atoms with Gasteiger partial charge in [-0.3, -0.25) is 0 Å². The van der Waals surface area contributed by atoms with E-state index in [-0.39, 0.29) is 25.9 Å². The van der Waals surface area contributed by atoms with Gasteiger partial charge in [-0.1, -0.05) is 0 Å². The predicted molar refractivity (Wildman–Crippen MR) is 47.3 cm³/mol. The van der Waals surface area contributed by atoms with Crippen LogP contribution in [-0.2, 0) is 9.59 Å². The molecule has 0 aromatic rings. The van der Waals surface area contributed by atoms with Crippen LogP contribution in [0.25, 0.3) is 0 Å². The first kappa shape index (κ1) is 17.0. The van der Waals surface area contributed by atoms with Crippen molar-refractivity contribution in [3.05, 3.63) is 0 Å². The number of aliphatic carboxylic acids is 2. The molecule has 4 atom stereocenters. The van der Waals surface area contributed by atoms with Gasteiger partial charge in [0.05, 0.1) is 0 Å². The molecule has 0 rings (SSSR count). The third kappa shape index (κ3) is 4.73. The molecule has 0 aliphatic heterocycles. The Labute approximate surface area is 103 Å².